The Morgan fingerprint density at radius 2 is 1.33 bits per heavy atom. The van der Waals surface area contributed by atoms with Crippen LogP contribution in [0.4, 0.5) is 0 Å². The molecule has 4 nitrogen and oxygen atoms in total. The highest BCUT2D eigenvalue weighted by atomic mass is 16.4. The predicted molar refractivity (Wildman–Crippen MR) is 58.8 cm³/mol. The molecule has 0 rings (SSSR count). The van der Waals surface area contributed by atoms with Gasteiger partial charge in [-0.3, -0.25) is 9.59 Å². The van der Waals surface area contributed by atoms with E-state index in [1.165, 1.54) is 0 Å². The molecule has 0 bridgehead atoms. The van der Waals surface area contributed by atoms with Gasteiger partial charge in [0.05, 0.1) is 11.3 Å². The first-order valence-electron chi connectivity index (χ1n) is 5.12. The minimum absolute atomic E-state index is 0.130. The van der Waals surface area contributed by atoms with Crippen LogP contribution in [0.25, 0.3) is 0 Å². The van der Waals surface area contributed by atoms with Gasteiger partial charge in [0, 0.05) is 0 Å². The van der Waals surface area contributed by atoms with Crippen molar-refractivity contribution in [2.75, 3.05) is 0 Å². The Labute approximate surface area is 91.3 Å². The van der Waals surface area contributed by atoms with E-state index in [4.69, 9.17) is 10.2 Å². The van der Waals surface area contributed by atoms with Gasteiger partial charge in [0.2, 0.25) is 0 Å². The van der Waals surface area contributed by atoms with E-state index < -0.39 is 17.4 Å². The number of carboxylic acid groups (broad SMARTS) is 2. The third kappa shape index (κ3) is 9.25. The lowest BCUT2D eigenvalue weighted by Gasteiger charge is -2.08. The zero-order valence-corrected chi connectivity index (χ0v) is 10.2. The molecule has 0 saturated carbocycles. The summed E-state index contributed by atoms with van der Waals surface area (Å²) < 4.78 is 0. The Morgan fingerprint density at radius 1 is 1.07 bits per heavy atom. The quantitative estimate of drug-likeness (QED) is 0.763. The van der Waals surface area contributed by atoms with Gasteiger partial charge in [-0.25, -0.2) is 0 Å². The van der Waals surface area contributed by atoms with Crippen molar-refractivity contribution >= 4 is 11.9 Å². The lowest BCUT2D eigenvalue weighted by molar-refractivity contribution is -0.146. The summed E-state index contributed by atoms with van der Waals surface area (Å²) in [6.07, 6.45) is 1.48. The molecule has 0 unspecified atom stereocenters. The van der Waals surface area contributed by atoms with Crippen molar-refractivity contribution in [1.82, 2.24) is 0 Å². The summed E-state index contributed by atoms with van der Waals surface area (Å²) >= 11 is 0. The maximum atomic E-state index is 10.2. The van der Waals surface area contributed by atoms with Crippen LogP contribution in [-0.2, 0) is 9.59 Å². The average Bonchev–Trinajstić information content (AvgIpc) is 2.04. The van der Waals surface area contributed by atoms with Crippen LogP contribution in [0.2, 0.25) is 0 Å². The summed E-state index contributed by atoms with van der Waals surface area (Å²) in [4.78, 5) is 20.2. The van der Waals surface area contributed by atoms with E-state index in [0.29, 0.717) is 0 Å². The molecule has 0 aromatic rings. The van der Waals surface area contributed by atoms with Crippen LogP contribution >= 0.6 is 0 Å². The lowest BCUT2D eigenvalue weighted by Crippen LogP contribution is -2.18. The number of carbonyl (C=O) groups is 2. The Balaban J connectivity index is 0. The predicted octanol–water partition coefficient (Wildman–Crippen LogP) is 2.62. The largest absolute Gasteiger partial charge is 0.481 e. The smallest absolute Gasteiger partial charge is 0.308 e. The van der Waals surface area contributed by atoms with Crippen LogP contribution in [0.3, 0.4) is 0 Å². The highest BCUT2D eigenvalue weighted by molar-refractivity contribution is 5.72. The third-order valence-electron chi connectivity index (χ3n) is 1.98. The molecule has 0 aliphatic rings. The summed E-state index contributed by atoms with van der Waals surface area (Å²) in [6.45, 7) is 8.77. The molecule has 90 valence electrons. The van der Waals surface area contributed by atoms with Gasteiger partial charge in [-0.1, -0.05) is 13.8 Å². The van der Waals surface area contributed by atoms with E-state index in [1.807, 2.05) is 13.8 Å². The number of carboxylic acids is 2. The van der Waals surface area contributed by atoms with E-state index in [1.54, 1.807) is 20.8 Å². The van der Waals surface area contributed by atoms with E-state index in [9.17, 15) is 9.59 Å². The zero-order valence-electron chi connectivity index (χ0n) is 10.2. The fourth-order valence-electron chi connectivity index (χ4n) is 0.638. The summed E-state index contributed by atoms with van der Waals surface area (Å²) in [7, 11) is 0. The van der Waals surface area contributed by atoms with Crippen molar-refractivity contribution in [1.29, 1.82) is 0 Å². The van der Waals surface area contributed by atoms with E-state index in [-0.39, 0.29) is 5.92 Å². The first kappa shape index (κ1) is 16.4. The molecule has 4 heteroatoms. The maximum absolute atomic E-state index is 10.2. The average molecular weight is 218 g/mol. The molecule has 0 atom stereocenters. The minimum Gasteiger partial charge on any atom is -0.481 e. The minimum atomic E-state index is -0.757. The van der Waals surface area contributed by atoms with Crippen LogP contribution < -0.4 is 0 Å². The van der Waals surface area contributed by atoms with Gasteiger partial charge in [0.25, 0.3) is 0 Å². The molecule has 0 aromatic heterocycles. The Hall–Kier alpha value is -1.06. The van der Waals surface area contributed by atoms with Gasteiger partial charge in [-0.2, -0.15) is 0 Å². The number of hydrogen-bond acceptors (Lipinski definition) is 2. The van der Waals surface area contributed by atoms with Crippen molar-refractivity contribution in [2.24, 2.45) is 11.3 Å². The molecule has 0 fully saturated rings. The van der Waals surface area contributed by atoms with Gasteiger partial charge in [0.15, 0.2) is 0 Å². The van der Waals surface area contributed by atoms with Crippen LogP contribution in [-0.4, -0.2) is 22.2 Å². The van der Waals surface area contributed by atoms with Crippen LogP contribution in [0.5, 0.6) is 0 Å². The van der Waals surface area contributed by atoms with Crippen LogP contribution in [0.1, 0.15) is 47.5 Å². The molecular formula is C11H22O4. The van der Waals surface area contributed by atoms with Crippen molar-refractivity contribution in [3.05, 3.63) is 0 Å². The summed E-state index contributed by atoms with van der Waals surface area (Å²) in [5.74, 6) is -1.56. The zero-order chi connectivity index (χ0) is 12.6. The molecule has 0 heterocycles. The molecular weight excluding hydrogens is 196 g/mol. The summed E-state index contributed by atoms with van der Waals surface area (Å²) in [6, 6.07) is 0. The fraction of sp³-hybridized carbons (Fsp3) is 0.818. The van der Waals surface area contributed by atoms with E-state index in [2.05, 4.69) is 0 Å². The summed E-state index contributed by atoms with van der Waals surface area (Å²) in [5.41, 5.74) is -0.583. The van der Waals surface area contributed by atoms with Crippen molar-refractivity contribution < 1.29 is 19.8 Å². The number of aliphatic carboxylic acids is 2. The molecule has 0 amide bonds. The molecule has 0 aromatic carbocycles. The second-order valence-corrected chi connectivity index (χ2v) is 4.41. The summed E-state index contributed by atoms with van der Waals surface area (Å²) in [5, 5.41) is 16.6. The van der Waals surface area contributed by atoms with E-state index >= 15 is 0 Å². The molecule has 0 radical (unpaired) electrons. The fourth-order valence-corrected chi connectivity index (χ4v) is 0.638. The van der Waals surface area contributed by atoms with Crippen LogP contribution in [0, 0.1) is 11.3 Å². The van der Waals surface area contributed by atoms with Gasteiger partial charge in [-0.15, -0.1) is 0 Å². The highest BCUT2D eigenvalue weighted by Gasteiger charge is 2.18. The molecule has 2 N–H and O–H groups in total. The standard InChI is InChI=1S/C6H12O2.C5H10O2/c1-3-5(4-2)6(7)8;1-5(2,3)4(6)7/h5H,3-4H2,1-2H3,(H,7,8);1-3H3,(H,6,7). The normalized spacial score (nSPS) is 10.5. The number of rotatable bonds is 3. The maximum Gasteiger partial charge on any atom is 0.308 e. The molecule has 0 saturated heterocycles. The molecule has 15 heavy (non-hydrogen) atoms. The van der Waals surface area contributed by atoms with Gasteiger partial charge < -0.3 is 10.2 Å². The monoisotopic (exact) mass is 218 g/mol. The second-order valence-electron chi connectivity index (χ2n) is 4.41. The Bertz CT molecular complexity index is 199. The van der Waals surface area contributed by atoms with Crippen LogP contribution in [0.15, 0.2) is 0 Å². The molecule has 0 aliphatic carbocycles. The van der Waals surface area contributed by atoms with Crippen molar-refractivity contribution in [2.45, 2.75) is 47.5 Å². The second kappa shape index (κ2) is 7.26. The lowest BCUT2D eigenvalue weighted by atomic mass is 9.98. The molecule has 0 aliphatic heterocycles. The topological polar surface area (TPSA) is 74.6 Å². The SMILES string of the molecule is CC(C)(C)C(=O)O.CCC(CC)C(=O)O. The van der Waals surface area contributed by atoms with Crippen molar-refractivity contribution in [3.63, 3.8) is 0 Å². The van der Waals surface area contributed by atoms with Gasteiger partial charge in [-0.05, 0) is 33.6 Å². The number of hydrogen-bond donors (Lipinski definition) is 2. The molecule has 0 spiro atoms. The van der Waals surface area contributed by atoms with Crippen molar-refractivity contribution in [3.8, 4) is 0 Å². The first-order chi connectivity index (χ1) is 6.66. The Morgan fingerprint density at radius 3 is 1.33 bits per heavy atom. The van der Waals surface area contributed by atoms with Gasteiger partial charge in [0.1, 0.15) is 0 Å². The first-order valence-corrected chi connectivity index (χ1v) is 5.12. The van der Waals surface area contributed by atoms with E-state index in [0.717, 1.165) is 12.8 Å². The van der Waals surface area contributed by atoms with Gasteiger partial charge >= 0.3 is 11.9 Å². The Kier molecular flexibility index (Phi) is 7.92. The third-order valence-corrected chi connectivity index (χ3v) is 1.98. The highest BCUT2D eigenvalue weighted by Crippen LogP contribution is 2.11.